The monoisotopic (exact) mass is 415 g/mol. The molecule has 1 aliphatic heterocycles. The lowest BCUT2D eigenvalue weighted by Gasteiger charge is -2.34. The average molecular weight is 416 g/mol. The summed E-state index contributed by atoms with van der Waals surface area (Å²) >= 11 is 5.26. The van der Waals surface area contributed by atoms with Crippen molar-refractivity contribution in [2.75, 3.05) is 6.54 Å². The van der Waals surface area contributed by atoms with Crippen molar-refractivity contribution in [2.24, 2.45) is 5.10 Å². The summed E-state index contributed by atoms with van der Waals surface area (Å²) in [5.41, 5.74) is 1.51. The molecule has 2 N–H and O–H groups in total. The van der Waals surface area contributed by atoms with Crippen LogP contribution < -0.4 is 5.56 Å². The van der Waals surface area contributed by atoms with Gasteiger partial charge in [0.2, 0.25) is 5.88 Å². The Hall–Kier alpha value is -2.48. The van der Waals surface area contributed by atoms with Crippen LogP contribution >= 0.6 is 12.2 Å². The number of H-pyrrole nitrogens is 1. The minimum atomic E-state index is -0.393. The van der Waals surface area contributed by atoms with E-state index in [4.69, 9.17) is 17.3 Å². The molecule has 1 atom stereocenters. The summed E-state index contributed by atoms with van der Waals surface area (Å²) in [6, 6.07) is 4.11. The number of hydrogen-bond donors (Lipinski definition) is 2. The standard InChI is InChI=1S/C21H29N5O2S/c1-3-5-12-25-20(28)18(19(27)23-21(25)29)16(4-2)24-26-13-7-6-10-17(26)15-9-8-11-22-14-15/h8-9,11,14,17,28H,3-7,10,12-13H2,1-2H3,(H,23,27,29)/b24-16+. The highest BCUT2D eigenvalue weighted by atomic mass is 32.1. The molecule has 1 fully saturated rings. The molecule has 1 aliphatic rings. The van der Waals surface area contributed by atoms with E-state index in [9.17, 15) is 9.90 Å². The van der Waals surface area contributed by atoms with E-state index in [1.54, 1.807) is 10.8 Å². The van der Waals surface area contributed by atoms with Crippen LogP contribution in [0.15, 0.2) is 34.4 Å². The molecule has 0 aromatic carbocycles. The van der Waals surface area contributed by atoms with Crippen LogP contribution in [0.1, 0.15) is 69.5 Å². The van der Waals surface area contributed by atoms with Gasteiger partial charge < -0.3 is 5.11 Å². The average Bonchev–Trinajstić information content (AvgIpc) is 2.73. The molecule has 1 unspecified atom stereocenters. The Morgan fingerprint density at radius 1 is 1.41 bits per heavy atom. The lowest BCUT2D eigenvalue weighted by Crippen LogP contribution is -2.32. The number of aromatic nitrogens is 3. The third-order valence-corrected chi connectivity index (χ3v) is 5.65. The molecular weight excluding hydrogens is 386 g/mol. The Morgan fingerprint density at radius 2 is 2.24 bits per heavy atom. The molecule has 0 aliphatic carbocycles. The van der Waals surface area contributed by atoms with Crippen molar-refractivity contribution in [1.82, 2.24) is 19.5 Å². The van der Waals surface area contributed by atoms with Gasteiger partial charge in [-0.15, -0.1) is 0 Å². The van der Waals surface area contributed by atoms with Gasteiger partial charge in [0.05, 0.1) is 11.8 Å². The van der Waals surface area contributed by atoms with E-state index in [0.29, 0.717) is 18.7 Å². The Balaban J connectivity index is 2.03. The second-order valence-corrected chi connectivity index (χ2v) is 7.71. The number of nitrogens with one attached hydrogen (secondary N) is 1. The molecule has 8 heteroatoms. The summed E-state index contributed by atoms with van der Waals surface area (Å²) in [6.07, 6.45) is 9.14. The Kier molecular flexibility index (Phi) is 7.19. The molecule has 3 heterocycles. The van der Waals surface area contributed by atoms with Crippen LogP contribution in [0.5, 0.6) is 5.88 Å². The van der Waals surface area contributed by atoms with E-state index in [1.165, 1.54) is 0 Å². The van der Waals surface area contributed by atoms with Crippen molar-refractivity contribution in [3.8, 4) is 5.88 Å². The minimum Gasteiger partial charge on any atom is -0.494 e. The molecule has 0 spiro atoms. The minimum absolute atomic E-state index is 0.0947. The number of rotatable bonds is 7. The maximum Gasteiger partial charge on any atom is 0.264 e. The second kappa shape index (κ2) is 9.82. The van der Waals surface area contributed by atoms with Crippen molar-refractivity contribution in [2.45, 2.75) is 65.0 Å². The van der Waals surface area contributed by atoms with Crippen molar-refractivity contribution in [3.05, 3.63) is 50.8 Å². The molecule has 29 heavy (non-hydrogen) atoms. The van der Waals surface area contributed by atoms with Crippen LogP contribution in [0.2, 0.25) is 0 Å². The Bertz CT molecular complexity index is 967. The van der Waals surface area contributed by atoms with Gasteiger partial charge in [-0.3, -0.25) is 24.3 Å². The van der Waals surface area contributed by atoms with Crippen LogP contribution in [-0.2, 0) is 6.54 Å². The van der Waals surface area contributed by atoms with Gasteiger partial charge in [0.25, 0.3) is 5.56 Å². The first-order valence-electron chi connectivity index (χ1n) is 10.4. The number of hydrazone groups is 1. The largest absolute Gasteiger partial charge is 0.494 e. The van der Waals surface area contributed by atoms with Gasteiger partial charge in [0, 0.05) is 25.5 Å². The van der Waals surface area contributed by atoms with Gasteiger partial charge in [-0.25, -0.2) is 0 Å². The number of aromatic amines is 1. The van der Waals surface area contributed by atoms with Crippen LogP contribution in [-0.4, -0.2) is 36.9 Å². The number of unbranched alkanes of at least 4 members (excludes halogenated alkanes) is 1. The summed E-state index contributed by atoms with van der Waals surface area (Å²) < 4.78 is 1.83. The van der Waals surface area contributed by atoms with Crippen molar-refractivity contribution in [1.29, 1.82) is 0 Å². The molecule has 1 saturated heterocycles. The molecule has 156 valence electrons. The maximum absolute atomic E-state index is 12.7. The first-order valence-corrected chi connectivity index (χ1v) is 10.8. The fraction of sp³-hybridized carbons (Fsp3) is 0.524. The smallest absolute Gasteiger partial charge is 0.264 e. The lowest BCUT2D eigenvalue weighted by atomic mass is 9.98. The highest BCUT2D eigenvalue weighted by Gasteiger charge is 2.25. The Morgan fingerprint density at radius 3 is 2.93 bits per heavy atom. The molecular formula is C21H29N5O2S. The van der Waals surface area contributed by atoms with Crippen LogP contribution in [0.25, 0.3) is 0 Å². The number of hydrogen-bond acceptors (Lipinski definition) is 6. The molecule has 0 bridgehead atoms. The quantitative estimate of drug-likeness (QED) is 0.524. The molecule has 0 amide bonds. The van der Waals surface area contributed by atoms with Gasteiger partial charge in [-0.05, 0) is 56.0 Å². The Labute approximate surface area is 176 Å². The van der Waals surface area contributed by atoms with E-state index in [-0.39, 0.29) is 22.3 Å². The molecule has 0 saturated carbocycles. The maximum atomic E-state index is 12.7. The zero-order valence-corrected chi connectivity index (χ0v) is 17.9. The summed E-state index contributed by atoms with van der Waals surface area (Å²) in [6.45, 7) is 5.38. The van der Waals surface area contributed by atoms with E-state index in [1.807, 2.05) is 24.2 Å². The normalized spacial score (nSPS) is 17.5. The van der Waals surface area contributed by atoms with Crippen molar-refractivity contribution < 1.29 is 5.11 Å². The number of pyridine rings is 1. The van der Waals surface area contributed by atoms with Crippen molar-refractivity contribution in [3.63, 3.8) is 0 Å². The van der Waals surface area contributed by atoms with E-state index < -0.39 is 5.56 Å². The summed E-state index contributed by atoms with van der Waals surface area (Å²) in [5.74, 6) is -0.0947. The van der Waals surface area contributed by atoms with Crippen LogP contribution in [0.4, 0.5) is 0 Å². The number of aromatic hydroxyl groups is 1. The zero-order valence-electron chi connectivity index (χ0n) is 17.1. The molecule has 2 aromatic rings. The molecule has 2 aromatic heterocycles. The zero-order chi connectivity index (χ0) is 20.8. The molecule has 7 nitrogen and oxygen atoms in total. The molecule has 3 rings (SSSR count). The fourth-order valence-corrected chi connectivity index (χ4v) is 4.01. The number of nitrogens with zero attached hydrogens (tertiary/aromatic N) is 4. The van der Waals surface area contributed by atoms with Crippen molar-refractivity contribution >= 4 is 17.9 Å². The van der Waals surface area contributed by atoms with Gasteiger partial charge in [-0.2, -0.15) is 5.10 Å². The van der Waals surface area contributed by atoms with E-state index in [0.717, 1.165) is 44.2 Å². The SMILES string of the molecule is CCCCn1c(O)c(/C(CC)=N/N2CCCCC2c2cccnc2)c(=O)[nH]c1=S. The third kappa shape index (κ3) is 4.75. The van der Waals surface area contributed by atoms with E-state index >= 15 is 0 Å². The van der Waals surface area contributed by atoms with Gasteiger partial charge in [0.15, 0.2) is 4.77 Å². The predicted molar refractivity (Wildman–Crippen MR) is 117 cm³/mol. The predicted octanol–water partition coefficient (Wildman–Crippen LogP) is 4.15. The first kappa shape index (κ1) is 21.2. The van der Waals surface area contributed by atoms with Crippen LogP contribution in [0, 0.1) is 4.77 Å². The first-order chi connectivity index (χ1) is 14.1. The summed E-state index contributed by atoms with van der Waals surface area (Å²) in [5, 5.41) is 17.7. The van der Waals surface area contributed by atoms with Gasteiger partial charge in [-0.1, -0.05) is 26.3 Å². The molecule has 0 radical (unpaired) electrons. The fourth-order valence-electron chi connectivity index (χ4n) is 3.74. The van der Waals surface area contributed by atoms with Gasteiger partial charge >= 0.3 is 0 Å². The number of piperidine rings is 1. The lowest BCUT2D eigenvalue weighted by molar-refractivity contribution is 0.154. The van der Waals surface area contributed by atoms with Crippen LogP contribution in [0.3, 0.4) is 0 Å². The van der Waals surface area contributed by atoms with Gasteiger partial charge in [0.1, 0.15) is 5.56 Å². The third-order valence-electron chi connectivity index (χ3n) is 5.32. The van der Waals surface area contributed by atoms with E-state index in [2.05, 4.69) is 23.0 Å². The highest BCUT2D eigenvalue weighted by Crippen LogP contribution is 2.31. The topological polar surface area (TPSA) is 86.5 Å². The summed E-state index contributed by atoms with van der Waals surface area (Å²) in [4.78, 5) is 19.6. The summed E-state index contributed by atoms with van der Waals surface area (Å²) in [7, 11) is 0. The second-order valence-electron chi connectivity index (χ2n) is 7.32. The highest BCUT2D eigenvalue weighted by molar-refractivity contribution is 7.71.